The van der Waals surface area contributed by atoms with E-state index in [2.05, 4.69) is 5.32 Å². The molecule has 4 nitrogen and oxygen atoms in total. The van der Waals surface area contributed by atoms with Gasteiger partial charge in [-0.15, -0.1) is 0 Å². The van der Waals surface area contributed by atoms with Crippen LogP contribution in [-0.2, 0) is 9.59 Å². The number of carbonyl (C=O) groups excluding carboxylic acids is 2. The predicted molar refractivity (Wildman–Crippen MR) is 91.4 cm³/mol. The largest absolute Gasteiger partial charge is 0.323 e. The number of amides is 2. The summed E-state index contributed by atoms with van der Waals surface area (Å²) in [5.41, 5.74) is 3.02. The molecule has 0 aliphatic carbocycles. The number of nitrogens with one attached hydrogen (secondary N) is 1. The summed E-state index contributed by atoms with van der Waals surface area (Å²) in [6, 6.07) is 11.9. The number of aryl methyl sites for hydroxylation is 2. The van der Waals surface area contributed by atoms with Crippen LogP contribution < -0.4 is 10.2 Å². The van der Waals surface area contributed by atoms with Gasteiger partial charge in [0.15, 0.2) is 0 Å². The quantitative estimate of drug-likeness (QED) is 0.939. The number of hydrogen-bond donors (Lipinski definition) is 1. The van der Waals surface area contributed by atoms with Crippen molar-refractivity contribution in [2.75, 3.05) is 16.8 Å². The van der Waals surface area contributed by atoms with Crippen molar-refractivity contribution in [3.05, 3.63) is 59.4 Å². The first-order valence-corrected chi connectivity index (χ1v) is 7.88. The number of benzene rings is 2. The predicted octanol–water partition coefficient (Wildman–Crippen LogP) is 3.43. The average molecular weight is 326 g/mol. The summed E-state index contributed by atoms with van der Waals surface area (Å²) in [7, 11) is 0. The van der Waals surface area contributed by atoms with Crippen molar-refractivity contribution in [3.8, 4) is 0 Å². The third-order valence-corrected chi connectivity index (χ3v) is 4.28. The fraction of sp³-hybridized carbons (Fsp3) is 0.263. The molecule has 1 heterocycles. The lowest BCUT2D eigenvalue weighted by molar-refractivity contribution is -0.122. The number of para-hydroxylation sites is 1. The molecule has 0 unspecified atom stereocenters. The van der Waals surface area contributed by atoms with Crippen molar-refractivity contribution < 1.29 is 14.0 Å². The van der Waals surface area contributed by atoms with Crippen molar-refractivity contribution in [1.29, 1.82) is 0 Å². The molecule has 2 aromatic carbocycles. The maximum Gasteiger partial charge on any atom is 0.229 e. The first-order valence-electron chi connectivity index (χ1n) is 7.88. The molecule has 1 saturated heterocycles. The Morgan fingerprint density at radius 2 is 1.96 bits per heavy atom. The molecule has 1 fully saturated rings. The lowest BCUT2D eigenvalue weighted by Gasteiger charge is -2.19. The summed E-state index contributed by atoms with van der Waals surface area (Å²) < 4.78 is 13.7. The Balaban J connectivity index is 1.76. The Bertz CT molecular complexity index is 804. The van der Waals surface area contributed by atoms with Gasteiger partial charge < -0.3 is 10.2 Å². The van der Waals surface area contributed by atoms with E-state index in [0.29, 0.717) is 6.54 Å². The van der Waals surface area contributed by atoms with E-state index in [9.17, 15) is 14.0 Å². The summed E-state index contributed by atoms with van der Waals surface area (Å²) in [5, 5.41) is 2.58. The molecule has 3 rings (SSSR count). The first kappa shape index (κ1) is 16.2. The van der Waals surface area contributed by atoms with Crippen LogP contribution in [0.5, 0.6) is 0 Å². The average Bonchev–Trinajstić information content (AvgIpc) is 2.94. The van der Waals surface area contributed by atoms with Gasteiger partial charge >= 0.3 is 0 Å². The summed E-state index contributed by atoms with van der Waals surface area (Å²) in [5.74, 6) is -1.39. The molecular formula is C19H19FN2O2. The van der Waals surface area contributed by atoms with Crippen LogP contribution in [0, 0.1) is 25.6 Å². The maximum absolute atomic E-state index is 13.7. The van der Waals surface area contributed by atoms with Crippen molar-refractivity contribution in [3.63, 3.8) is 0 Å². The normalized spacial score (nSPS) is 17.2. The van der Waals surface area contributed by atoms with Crippen molar-refractivity contribution >= 4 is 23.2 Å². The van der Waals surface area contributed by atoms with Crippen LogP contribution in [0.25, 0.3) is 0 Å². The minimum absolute atomic E-state index is 0.0858. The molecule has 1 N–H and O–H groups in total. The summed E-state index contributed by atoms with van der Waals surface area (Å²) in [6.45, 7) is 4.21. The fourth-order valence-corrected chi connectivity index (χ4v) is 2.92. The zero-order chi connectivity index (χ0) is 17.3. The van der Waals surface area contributed by atoms with Gasteiger partial charge in [-0.2, -0.15) is 0 Å². The zero-order valence-electron chi connectivity index (χ0n) is 13.7. The Morgan fingerprint density at radius 1 is 1.21 bits per heavy atom. The minimum atomic E-state index is -0.489. The first-order chi connectivity index (χ1) is 11.5. The van der Waals surface area contributed by atoms with Crippen LogP contribution in [0.3, 0.4) is 0 Å². The van der Waals surface area contributed by atoms with Crippen LogP contribution in [0.1, 0.15) is 17.5 Å². The molecule has 0 aromatic heterocycles. The van der Waals surface area contributed by atoms with E-state index in [1.54, 1.807) is 17.0 Å². The Hall–Kier alpha value is -2.69. The van der Waals surface area contributed by atoms with Gasteiger partial charge in [0.2, 0.25) is 11.8 Å². The minimum Gasteiger partial charge on any atom is -0.323 e. The smallest absolute Gasteiger partial charge is 0.229 e. The van der Waals surface area contributed by atoms with Gasteiger partial charge in [-0.1, -0.05) is 24.3 Å². The number of anilines is 2. The third-order valence-electron chi connectivity index (χ3n) is 4.28. The molecule has 0 bridgehead atoms. The van der Waals surface area contributed by atoms with Gasteiger partial charge in [-0.3, -0.25) is 9.59 Å². The summed E-state index contributed by atoms with van der Waals surface area (Å²) >= 11 is 0. The number of halogens is 1. The summed E-state index contributed by atoms with van der Waals surface area (Å²) in [4.78, 5) is 26.4. The third kappa shape index (κ3) is 3.15. The monoisotopic (exact) mass is 326 g/mol. The van der Waals surface area contributed by atoms with Gasteiger partial charge in [0, 0.05) is 18.7 Å². The molecular weight excluding hydrogens is 307 g/mol. The van der Waals surface area contributed by atoms with Crippen LogP contribution >= 0.6 is 0 Å². The number of hydrogen-bond acceptors (Lipinski definition) is 2. The van der Waals surface area contributed by atoms with Crippen LogP contribution in [-0.4, -0.2) is 18.4 Å². The molecule has 1 aliphatic heterocycles. The molecule has 2 aromatic rings. The second kappa shape index (κ2) is 6.43. The number of rotatable bonds is 3. The van der Waals surface area contributed by atoms with E-state index in [-0.39, 0.29) is 23.9 Å². The van der Waals surface area contributed by atoms with Gasteiger partial charge in [-0.05, 0) is 43.2 Å². The van der Waals surface area contributed by atoms with E-state index >= 15 is 0 Å². The maximum atomic E-state index is 13.7. The molecule has 5 heteroatoms. The topological polar surface area (TPSA) is 49.4 Å². The van der Waals surface area contributed by atoms with E-state index in [1.807, 2.05) is 32.0 Å². The van der Waals surface area contributed by atoms with E-state index in [0.717, 1.165) is 16.8 Å². The standard InChI is InChI=1S/C19H19FN2O2/c1-12-7-8-13(2)17(9-12)22-11-14(10-18(22)23)19(24)21-16-6-4-3-5-15(16)20/h3-9,14H,10-11H2,1-2H3,(H,21,24)/t14-/m0/s1. The molecule has 0 spiro atoms. The highest BCUT2D eigenvalue weighted by molar-refractivity contribution is 6.03. The van der Waals surface area contributed by atoms with E-state index < -0.39 is 11.7 Å². The fourth-order valence-electron chi connectivity index (χ4n) is 2.92. The van der Waals surface area contributed by atoms with E-state index in [4.69, 9.17) is 0 Å². The number of carbonyl (C=O) groups is 2. The second-order valence-corrected chi connectivity index (χ2v) is 6.16. The van der Waals surface area contributed by atoms with Crippen LogP contribution in [0.15, 0.2) is 42.5 Å². The number of nitrogens with zero attached hydrogens (tertiary/aromatic N) is 1. The van der Waals surface area contributed by atoms with Gasteiger partial charge in [0.05, 0.1) is 11.6 Å². The lowest BCUT2D eigenvalue weighted by atomic mass is 10.1. The molecule has 1 aliphatic rings. The van der Waals surface area contributed by atoms with Crippen molar-refractivity contribution in [1.82, 2.24) is 0 Å². The molecule has 1 atom stereocenters. The van der Waals surface area contributed by atoms with Crippen LogP contribution in [0.4, 0.5) is 15.8 Å². The SMILES string of the molecule is Cc1ccc(C)c(N2C[C@@H](C(=O)Nc3ccccc3F)CC2=O)c1. The highest BCUT2D eigenvalue weighted by Crippen LogP contribution is 2.29. The Morgan fingerprint density at radius 3 is 2.71 bits per heavy atom. The van der Waals surface area contributed by atoms with Crippen molar-refractivity contribution in [2.45, 2.75) is 20.3 Å². The highest BCUT2D eigenvalue weighted by Gasteiger charge is 2.35. The molecule has 2 amide bonds. The molecule has 24 heavy (non-hydrogen) atoms. The highest BCUT2D eigenvalue weighted by atomic mass is 19.1. The van der Waals surface area contributed by atoms with E-state index in [1.165, 1.54) is 12.1 Å². The van der Waals surface area contributed by atoms with Gasteiger partial charge in [0.25, 0.3) is 0 Å². The Kier molecular flexibility index (Phi) is 4.34. The summed E-state index contributed by atoms with van der Waals surface area (Å²) in [6.07, 6.45) is 0.133. The molecule has 124 valence electrons. The van der Waals surface area contributed by atoms with Gasteiger partial charge in [0.1, 0.15) is 5.82 Å². The molecule has 0 saturated carbocycles. The lowest BCUT2D eigenvalue weighted by Crippen LogP contribution is -2.28. The van der Waals surface area contributed by atoms with Gasteiger partial charge in [-0.25, -0.2) is 4.39 Å². The van der Waals surface area contributed by atoms with Crippen molar-refractivity contribution in [2.24, 2.45) is 5.92 Å². The van der Waals surface area contributed by atoms with Crippen LogP contribution in [0.2, 0.25) is 0 Å². The Labute approximate surface area is 140 Å². The zero-order valence-corrected chi connectivity index (χ0v) is 13.7. The molecule has 0 radical (unpaired) electrons. The second-order valence-electron chi connectivity index (χ2n) is 6.16.